The van der Waals surface area contributed by atoms with Crippen LogP contribution in [0.15, 0.2) is 42.0 Å². The summed E-state index contributed by atoms with van der Waals surface area (Å²) in [5.41, 5.74) is 2.21. The topological polar surface area (TPSA) is 36.9 Å². The highest BCUT2D eigenvalue weighted by Gasteiger charge is 2.67. The van der Waals surface area contributed by atoms with E-state index in [1.165, 1.54) is 0 Å². The Morgan fingerprint density at radius 2 is 1.72 bits per heavy atom. The zero-order valence-corrected chi connectivity index (χ0v) is 17.6. The highest BCUT2D eigenvalue weighted by molar-refractivity contribution is 6.69. The molecule has 1 aromatic carbocycles. The van der Waals surface area contributed by atoms with Gasteiger partial charge in [0, 0.05) is 25.3 Å². The maximum Gasteiger partial charge on any atom is 0.232 e. The Morgan fingerprint density at radius 3 is 2.20 bits per heavy atom. The fourth-order valence-corrected chi connectivity index (χ4v) is 4.71. The Morgan fingerprint density at radius 1 is 1.08 bits per heavy atom. The van der Waals surface area contributed by atoms with Crippen LogP contribution in [0.4, 0.5) is 0 Å². The first kappa shape index (κ1) is 19.9. The molecule has 0 saturated heterocycles. The molecule has 0 amide bonds. The first-order valence-electron chi connectivity index (χ1n) is 8.52. The monoisotopic (exact) mass is 362 g/mol. The molecule has 0 aromatic heterocycles. The molecule has 1 aromatic rings. The van der Waals surface area contributed by atoms with Crippen LogP contribution in [0.25, 0.3) is 0 Å². The number of methoxy groups -OCH3 is 3. The molecule has 1 unspecified atom stereocenters. The van der Waals surface area contributed by atoms with Gasteiger partial charge in [-0.25, -0.2) is 0 Å². The lowest BCUT2D eigenvalue weighted by Crippen LogP contribution is -2.64. The molecule has 0 heterocycles. The van der Waals surface area contributed by atoms with Gasteiger partial charge in [-0.2, -0.15) is 0 Å². The molecule has 0 radical (unpaired) electrons. The van der Waals surface area contributed by atoms with Gasteiger partial charge >= 0.3 is 0 Å². The number of benzene rings is 1. The van der Waals surface area contributed by atoms with Crippen molar-refractivity contribution in [1.82, 2.24) is 0 Å². The number of hydrogen-bond acceptors (Lipinski definition) is 4. The van der Waals surface area contributed by atoms with E-state index >= 15 is 0 Å². The van der Waals surface area contributed by atoms with Crippen molar-refractivity contribution in [3.63, 3.8) is 0 Å². The maximum absolute atomic E-state index is 6.72. The molecule has 5 heteroatoms. The van der Waals surface area contributed by atoms with Crippen LogP contribution in [0.5, 0.6) is 5.75 Å². The first-order valence-corrected chi connectivity index (χ1v) is 11.9. The molecule has 0 N–H and O–H groups in total. The van der Waals surface area contributed by atoms with E-state index in [4.69, 9.17) is 18.6 Å². The van der Waals surface area contributed by atoms with Crippen LogP contribution < -0.4 is 4.74 Å². The molecule has 1 atom stereocenters. The van der Waals surface area contributed by atoms with Crippen molar-refractivity contribution in [2.75, 3.05) is 21.3 Å². The summed E-state index contributed by atoms with van der Waals surface area (Å²) in [5.74, 6) is -0.218. The Balaban J connectivity index is 2.79. The van der Waals surface area contributed by atoms with Gasteiger partial charge in [0.1, 0.15) is 5.75 Å². The van der Waals surface area contributed by atoms with Gasteiger partial charge in [0.25, 0.3) is 0 Å². The van der Waals surface area contributed by atoms with E-state index in [9.17, 15) is 0 Å². The lowest BCUT2D eigenvalue weighted by atomic mass is 9.66. The highest BCUT2D eigenvalue weighted by atomic mass is 28.4. The molecule has 0 spiro atoms. The van der Waals surface area contributed by atoms with Crippen LogP contribution in [0, 0.1) is 0 Å². The summed E-state index contributed by atoms with van der Waals surface area (Å²) in [6.07, 6.45) is 6.17. The summed E-state index contributed by atoms with van der Waals surface area (Å²) < 4.78 is 24.2. The van der Waals surface area contributed by atoms with Crippen LogP contribution in [0.2, 0.25) is 19.6 Å². The zero-order valence-electron chi connectivity index (χ0n) is 16.6. The Hall–Kier alpha value is -1.40. The SMILES string of the molecule is C/C=C(C)/C=C\C1(O[Si](C)(C)C)c2c(OC)cccc2C1(OC)OC. The minimum absolute atomic E-state index is 0.781. The summed E-state index contributed by atoms with van der Waals surface area (Å²) in [6, 6.07) is 5.91. The Labute approximate surface area is 152 Å². The molecular weight excluding hydrogens is 332 g/mol. The molecule has 0 aliphatic heterocycles. The zero-order chi connectivity index (χ0) is 18.9. The summed E-state index contributed by atoms with van der Waals surface area (Å²) >= 11 is 0. The number of rotatable bonds is 7. The molecule has 138 valence electrons. The van der Waals surface area contributed by atoms with Gasteiger partial charge in [-0.05, 0) is 45.6 Å². The third kappa shape index (κ3) is 3.10. The van der Waals surface area contributed by atoms with Crippen LogP contribution in [0.3, 0.4) is 0 Å². The summed E-state index contributed by atoms with van der Waals surface area (Å²) in [4.78, 5) is 0. The molecule has 0 bridgehead atoms. The molecule has 0 fully saturated rings. The maximum atomic E-state index is 6.72. The molecule has 2 rings (SSSR count). The van der Waals surface area contributed by atoms with Crippen LogP contribution in [-0.2, 0) is 25.3 Å². The van der Waals surface area contributed by atoms with Crippen molar-refractivity contribution >= 4 is 8.32 Å². The Kier molecular flexibility index (Phi) is 5.64. The predicted octanol–water partition coefficient (Wildman–Crippen LogP) is 4.72. The second-order valence-electron chi connectivity index (χ2n) is 7.22. The van der Waals surface area contributed by atoms with Crippen molar-refractivity contribution in [2.24, 2.45) is 0 Å². The number of ether oxygens (including phenoxy) is 3. The van der Waals surface area contributed by atoms with Crippen LogP contribution >= 0.6 is 0 Å². The fourth-order valence-electron chi connectivity index (χ4n) is 3.44. The third-order valence-corrected chi connectivity index (χ3v) is 5.47. The van der Waals surface area contributed by atoms with E-state index < -0.39 is 19.7 Å². The van der Waals surface area contributed by atoms with E-state index in [0.29, 0.717) is 0 Å². The van der Waals surface area contributed by atoms with Crippen LogP contribution in [0.1, 0.15) is 25.0 Å². The van der Waals surface area contributed by atoms with Crippen LogP contribution in [-0.4, -0.2) is 29.6 Å². The lowest BCUT2D eigenvalue weighted by Gasteiger charge is -2.58. The van der Waals surface area contributed by atoms with Gasteiger partial charge < -0.3 is 18.6 Å². The van der Waals surface area contributed by atoms with Gasteiger partial charge in [-0.1, -0.05) is 29.9 Å². The molecule has 1 aliphatic rings. The average Bonchev–Trinajstić information content (AvgIpc) is 2.57. The Bertz CT molecular complexity index is 683. The van der Waals surface area contributed by atoms with Gasteiger partial charge in [0.15, 0.2) is 13.9 Å². The van der Waals surface area contributed by atoms with Crippen molar-refractivity contribution < 1.29 is 18.6 Å². The second-order valence-corrected chi connectivity index (χ2v) is 11.7. The predicted molar refractivity (Wildman–Crippen MR) is 103 cm³/mol. The smallest absolute Gasteiger partial charge is 0.232 e. The van der Waals surface area contributed by atoms with Crippen molar-refractivity contribution in [1.29, 1.82) is 0 Å². The van der Waals surface area contributed by atoms with E-state index in [0.717, 1.165) is 22.4 Å². The molecule has 25 heavy (non-hydrogen) atoms. The first-order chi connectivity index (χ1) is 11.7. The van der Waals surface area contributed by atoms with E-state index in [-0.39, 0.29) is 0 Å². The van der Waals surface area contributed by atoms with Gasteiger partial charge in [0.2, 0.25) is 5.79 Å². The minimum atomic E-state index is -1.96. The fraction of sp³-hybridized carbons (Fsp3) is 0.500. The standard InChI is InChI=1S/C20H30O4Si/c1-9-15(2)13-14-19(24-25(6,7)8)18-16(20(19,22-4)23-5)11-10-12-17(18)21-3/h9-14H,1-8H3/b14-13-,15-9+. The summed E-state index contributed by atoms with van der Waals surface area (Å²) in [7, 11) is 3.03. The summed E-state index contributed by atoms with van der Waals surface area (Å²) in [6.45, 7) is 10.6. The number of allylic oxidation sites excluding steroid dienone is 3. The van der Waals surface area contributed by atoms with E-state index in [2.05, 4.69) is 44.8 Å². The van der Waals surface area contributed by atoms with Gasteiger partial charge in [-0.15, -0.1) is 0 Å². The number of hydrogen-bond donors (Lipinski definition) is 0. The van der Waals surface area contributed by atoms with Crippen molar-refractivity contribution in [3.05, 3.63) is 53.1 Å². The van der Waals surface area contributed by atoms with Crippen molar-refractivity contribution in [2.45, 2.75) is 44.9 Å². The largest absolute Gasteiger partial charge is 0.496 e. The second kappa shape index (κ2) is 7.07. The molecule has 4 nitrogen and oxygen atoms in total. The molecular formula is C20H30O4Si. The normalized spacial score (nSPS) is 22.6. The van der Waals surface area contributed by atoms with Gasteiger partial charge in [0.05, 0.1) is 7.11 Å². The average molecular weight is 363 g/mol. The minimum Gasteiger partial charge on any atom is -0.496 e. The lowest BCUT2D eigenvalue weighted by molar-refractivity contribution is -0.319. The van der Waals surface area contributed by atoms with Gasteiger partial charge in [-0.3, -0.25) is 0 Å². The van der Waals surface area contributed by atoms with E-state index in [1.807, 2.05) is 25.1 Å². The molecule has 0 saturated carbocycles. The van der Waals surface area contributed by atoms with Crippen molar-refractivity contribution in [3.8, 4) is 5.75 Å². The third-order valence-electron chi connectivity index (χ3n) is 4.54. The molecule has 1 aliphatic carbocycles. The summed E-state index contributed by atoms with van der Waals surface area (Å²) in [5, 5.41) is 0. The highest BCUT2D eigenvalue weighted by Crippen LogP contribution is 2.62. The van der Waals surface area contributed by atoms with E-state index in [1.54, 1.807) is 21.3 Å². The number of fused-ring (bicyclic) bond motifs is 1. The quantitative estimate of drug-likeness (QED) is 0.399.